The molecule has 0 aliphatic heterocycles. The number of hydrogen-bond acceptors (Lipinski definition) is 3. The number of hydrogen-bond donors (Lipinski definition) is 0. The highest BCUT2D eigenvalue weighted by molar-refractivity contribution is 6.20. The van der Waals surface area contributed by atoms with E-state index in [4.69, 9.17) is 15.0 Å². The van der Waals surface area contributed by atoms with Crippen LogP contribution < -0.4 is 0 Å². The summed E-state index contributed by atoms with van der Waals surface area (Å²) in [4.78, 5) is 15.7. The van der Waals surface area contributed by atoms with Crippen molar-refractivity contribution in [1.82, 2.24) is 15.0 Å². The minimum Gasteiger partial charge on any atom is -0.208 e. The van der Waals surface area contributed by atoms with Gasteiger partial charge in [-0.3, -0.25) is 0 Å². The van der Waals surface area contributed by atoms with Crippen LogP contribution in [0.5, 0.6) is 0 Å². The van der Waals surface area contributed by atoms with Gasteiger partial charge in [-0.1, -0.05) is 212 Å². The van der Waals surface area contributed by atoms with Crippen molar-refractivity contribution in [3.8, 4) is 78.7 Å². The van der Waals surface area contributed by atoms with Gasteiger partial charge in [-0.05, 0) is 112 Å². The number of benzene rings is 11. The van der Waals surface area contributed by atoms with Crippen LogP contribution in [0, 0.1) is 0 Å². The lowest BCUT2D eigenvalue weighted by atomic mass is 9.89. The van der Waals surface area contributed by atoms with Crippen LogP contribution in [0.25, 0.3) is 122 Å². The van der Waals surface area contributed by atoms with Crippen molar-refractivity contribution < 1.29 is 0 Å². The molecule has 3 heteroatoms. The Morgan fingerprint density at radius 2 is 0.719 bits per heavy atom. The molecular weight excluding hydrogens is 775 g/mol. The zero-order valence-corrected chi connectivity index (χ0v) is 34.9. The molecule has 0 amide bonds. The van der Waals surface area contributed by atoms with Gasteiger partial charge >= 0.3 is 0 Å². The largest absolute Gasteiger partial charge is 0.208 e. The van der Waals surface area contributed by atoms with Gasteiger partial charge in [0, 0.05) is 16.7 Å². The Bertz CT molecular complexity index is 3720. The summed E-state index contributed by atoms with van der Waals surface area (Å²) in [6.45, 7) is 0. The van der Waals surface area contributed by atoms with Gasteiger partial charge in [-0.15, -0.1) is 0 Å². The van der Waals surface area contributed by atoms with E-state index >= 15 is 0 Å². The number of fused-ring (bicyclic) bond motifs is 5. The molecule has 0 unspecified atom stereocenters. The highest BCUT2D eigenvalue weighted by Gasteiger charge is 2.18. The summed E-state index contributed by atoms with van der Waals surface area (Å²) in [5.41, 5.74) is 11.9. The Hall–Kier alpha value is -8.53. The molecule has 3 nitrogen and oxygen atoms in total. The number of rotatable bonds is 7. The van der Waals surface area contributed by atoms with Crippen molar-refractivity contribution in [1.29, 1.82) is 0 Å². The van der Waals surface area contributed by atoms with Gasteiger partial charge in [-0.25, -0.2) is 15.0 Å². The maximum absolute atomic E-state index is 5.25. The Kier molecular flexibility index (Phi) is 9.16. The van der Waals surface area contributed by atoms with E-state index in [1.165, 1.54) is 59.8 Å². The van der Waals surface area contributed by atoms with Crippen molar-refractivity contribution in [2.75, 3.05) is 0 Å². The van der Waals surface area contributed by atoms with Crippen molar-refractivity contribution >= 4 is 43.1 Å². The van der Waals surface area contributed by atoms with Gasteiger partial charge in [0.05, 0.1) is 0 Å². The smallest absolute Gasteiger partial charge is 0.164 e. The van der Waals surface area contributed by atoms with Crippen molar-refractivity contribution in [3.63, 3.8) is 0 Å². The molecule has 298 valence electrons. The van der Waals surface area contributed by atoms with Gasteiger partial charge in [0.25, 0.3) is 0 Å². The molecule has 0 saturated heterocycles. The molecule has 0 N–H and O–H groups in total. The SMILES string of the molecule is c1ccc(-c2ccccc2-c2nc(-c3ccc(-c4ccc5ccccc5c4)cc3)nc(-c3cccc(-c4cccc(-c5c6ccccc6cc6c5ccc5ccccc56)c4)c3)n2)cc1. The summed E-state index contributed by atoms with van der Waals surface area (Å²) in [6.07, 6.45) is 0. The lowest BCUT2D eigenvalue weighted by Crippen LogP contribution is -2.01. The zero-order chi connectivity index (χ0) is 42.4. The third kappa shape index (κ3) is 6.77. The van der Waals surface area contributed by atoms with Crippen LogP contribution in [-0.2, 0) is 0 Å². The molecule has 0 saturated carbocycles. The number of nitrogens with zero attached hydrogens (tertiary/aromatic N) is 3. The average Bonchev–Trinajstić information content (AvgIpc) is 3.38. The zero-order valence-electron chi connectivity index (χ0n) is 34.9. The van der Waals surface area contributed by atoms with Gasteiger partial charge < -0.3 is 0 Å². The van der Waals surface area contributed by atoms with E-state index in [0.717, 1.165) is 44.5 Å². The molecule has 12 rings (SSSR count). The first-order valence-electron chi connectivity index (χ1n) is 21.8. The first-order chi connectivity index (χ1) is 31.7. The van der Waals surface area contributed by atoms with E-state index in [1.54, 1.807) is 0 Å². The monoisotopic (exact) mass is 813 g/mol. The highest BCUT2D eigenvalue weighted by atomic mass is 15.0. The van der Waals surface area contributed by atoms with Crippen LogP contribution in [0.1, 0.15) is 0 Å². The van der Waals surface area contributed by atoms with Crippen LogP contribution >= 0.6 is 0 Å². The molecule has 64 heavy (non-hydrogen) atoms. The molecule has 0 bridgehead atoms. The molecule has 12 aromatic rings. The van der Waals surface area contributed by atoms with E-state index in [9.17, 15) is 0 Å². The lowest BCUT2D eigenvalue weighted by Gasteiger charge is -2.15. The molecule has 11 aromatic carbocycles. The second-order valence-corrected chi connectivity index (χ2v) is 16.4. The molecule has 1 heterocycles. The van der Waals surface area contributed by atoms with Crippen LogP contribution in [0.15, 0.2) is 237 Å². The number of aromatic nitrogens is 3. The summed E-state index contributed by atoms with van der Waals surface area (Å²) in [7, 11) is 0. The maximum atomic E-state index is 5.25. The maximum Gasteiger partial charge on any atom is 0.164 e. The van der Waals surface area contributed by atoms with Gasteiger partial charge in [0.2, 0.25) is 0 Å². The fourth-order valence-corrected chi connectivity index (χ4v) is 9.31. The van der Waals surface area contributed by atoms with E-state index in [1.807, 2.05) is 6.07 Å². The minimum atomic E-state index is 0.617. The normalized spacial score (nSPS) is 11.4. The first-order valence-corrected chi connectivity index (χ1v) is 21.8. The summed E-state index contributed by atoms with van der Waals surface area (Å²) in [6, 6.07) is 84.3. The first kappa shape index (κ1) is 37.2. The van der Waals surface area contributed by atoms with Crippen LogP contribution in [0.3, 0.4) is 0 Å². The predicted molar refractivity (Wildman–Crippen MR) is 268 cm³/mol. The summed E-state index contributed by atoms with van der Waals surface area (Å²) in [5, 5.41) is 9.93. The Morgan fingerprint density at radius 3 is 1.52 bits per heavy atom. The van der Waals surface area contributed by atoms with E-state index in [2.05, 4.69) is 231 Å². The molecule has 1 aromatic heterocycles. The molecule has 0 aliphatic carbocycles. The van der Waals surface area contributed by atoms with Crippen LogP contribution in [0.4, 0.5) is 0 Å². The molecule has 0 fully saturated rings. The minimum absolute atomic E-state index is 0.617. The van der Waals surface area contributed by atoms with E-state index in [0.29, 0.717) is 17.5 Å². The van der Waals surface area contributed by atoms with Gasteiger partial charge in [0.1, 0.15) is 0 Å². The van der Waals surface area contributed by atoms with E-state index < -0.39 is 0 Å². The second kappa shape index (κ2) is 15.7. The van der Waals surface area contributed by atoms with Gasteiger partial charge in [-0.2, -0.15) is 0 Å². The predicted octanol–water partition coefficient (Wildman–Crippen LogP) is 16.2. The van der Waals surface area contributed by atoms with Gasteiger partial charge in [0.15, 0.2) is 17.5 Å². The topological polar surface area (TPSA) is 38.7 Å². The Balaban J connectivity index is 0.979. The van der Waals surface area contributed by atoms with Crippen molar-refractivity contribution in [2.45, 2.75) is 0 Å². The fraction of sp³-hybridized carbons (Fsp3) is 0. The fourth-order valence-electron chi connectivity index (χ4n) is 9.31. The average molecular weight is 814 g/mol. The quantitative estimate of drug-likeness (QED) is 0.119. The molecular formula is C61H39N3. The van der Waals surface area contributed by atoms with Crippen molar-refractivity contribution in [2.24, 2.45) is 0 Å². The standard InChI is InChI=1S/C61H39N3/c1-2-15-42(16-3-1)52-24-10-11-27-56(52)61-63-59(44-31-28-41(29-32-44)48-33-30-40-14-4-5-18-45(40)36-48)62-60(64-61)51-23-13-21-47(38-51)46-20-12-22-50(37-46)58-54-26-9-7-19-49(54)39-57-53-25-8-6-17-43(53)34-35-55(57)58/h1-39H. The lowest BCUT2D eigenvalue weighted by molar-refractivity contribution is 1.07. The highest BCUT2D eigenvalue weighted by Crippen LogP contribution is 2.41. The third-order valence-corrected chi connectivity index (χ3v) is 12.5. The molecule has 0 spiro atoms. The Morgan fingerprint density at radius 1 is 0.203 bits per heavy atom. The molecule has 0 aliphatic rings. The summed E-state index contributed by atoms with van der Waals surface area (Å²) < 4.78 is 0. The summed E-state index contributed by atoms with van der Waals surface area (Å²) in [5.74, 6) is 1.86. The molecule has 0 radical (unpaired) electrons. The molecule has 0 atom stereocenters. The second-order valence-electron chi connectivity index (χ2n) is 16.4. The van der Waals surface area contributed by atoms with Crippen LogP contribution in [-0.4, -0.2) is 15.0 Å². The van der Waals surface area contributed by atoms with Crippen LogP contribution in [0.2, 0.25) is 0 Å². The summed E-state index contributed by atoms with van der Waals surface area (Å²) >= 11 is 0. The third-order valence-electron chi connectivity index (χ3n) is 12.5. The van der Waals surface area contributed by atoms with Crippen molar-refractivity contribution in [3.05, 3.63) is 237 Å². The Labute approximate surface area is 371 Å². The van der Waals surface area contributed by atoms with E-state index in [-0.39, 0.29) is 0 Å².